The summed E-state index contributed by atoms with van der Waals surface area (Å²) in [5.74, 6) is 3.59. The highest BCUT2D eigenvalue weighted by Crippen LogP contribution is 2.33. The minimum absolute atomic E-state index is 0.512. The van der Waals surface area contributed by atoms with Crippen molar-refractivity contribution in [1.29, 1.82) is 0 Å². The van der Waals surface area contributed by atoms with Crippen LogP contribution in [0.4, 0.5) is 0 Å². The first-order valence-electron chi connectivity index (χ1n) is 6.58. The summed E-state index contributed by atoms with van der Waals surface area (Å²) in [6.07, 6.45) is 11.6. The standard InChI is InChI=1S/C14H25NO/c1-4-7-13(15-8-5-2)9-12-10-14(11-12)16-6-3/h1,12-15H,5-11H2,2-3H3. The van der Waals surface area contributed by atoms with Gasteiger partial charge in [-0.2, -0.15) is 0 Å². The van der Waals surface area contributed by atoms with Crippen LogP contribution in [-0.2, 0) is 4.74 Å². The van der Waals surface area contributed by atoms with E-state index in [1.165, 1.54) is 25.7 Å². The van der Waals surface area contributed by atoms with Gasteiger partial charge in [-0.1, -0.05) is 6.92 Å². The van der Waals surface area contributed by atoms with Gasteiger partial charge in [0.25, 0.3) is 0 Å². The van der Waals surface area contributed by atoms with Gasteiger partial charge in [-0.3, -0.25) is 0 Å². The van der Waals surface area contributed by atoms with Gasteiger partial charge >= 0.3 is 0 Å². The van der Waals surface area contributed by atoms with Crippen molar-refractivity contribution in [3.8, 4) is 12.3 Å². The molecule has 0 aromatic heterocycles. The van der Waals surface area contributed by atoms with E-state index in [-0.39, 0.29) is 0 Å². The summed E-state index contributed by atoms with van der Waals surface area (Å²) in [6.45, 7) is 6.18. The summed E-state index contributed by atoms with van der Waals surface area (Å²) in [7, 11) is 0. The summed E-state index contributed by atoms with van der Waals surface area (Å²) in [5.41, 5.74) is 0. The Morgan fingerprint density at radius 1 is 1.44 bits per heavy atom. The van der Waals surface area contributed by atoms with Crippen LogP contribution in [0, 0.1) is 18.3 Å². The predicted octanol–water partition coefficient (Wildman–Crippen LogP) is 2.58. The average Bonchev–Trinajstić information content (AvgIpc) is 2.23. The van der Waals surface area contributed by atoms with E-state index in [1.54, 1.807) is 0 Å². The van der Waals surface area contributed by atoms with Crippen LogP contribution < -0.4 is 5.32 Å². The first kappa shape index (κ1) is 13.5. The zero-order chi connectivity index (χ0) is 11.8. The molecule has 2 heteroatoms. The number of nitrogens with one attached hydrogen (secondary N) is 1. The highest BCUT2D eigenvalue weighted by molar-refractivity contribution is 4.92. The third-order valence-electron chi connectivity index (χ3n) is 3.26. The van der Waals surface area contributed by atoms with Gasteiger partial charge in [0, 0.05) is 19.1 Å². The Hall–Kier alpha value is -0.520. The third kappa shape index (κ3) is 4.55. The smallest absolute Gasteiger partial charge is 0.0580 e. The van der Waals surface area contributed by atoms with Crippen LogP contribution >= 0.6 is 0 Å². The largest absolute Gasteiger partial charge is 0.378 e. The van der Waals surface area contributed by atoms with Gasteiger partial charge < -0.3 is 10.1 Å². The zero-order valence-electron chi connectivity index (χ0n) is 10.7. The second kappa shape index (κ2) is 7.70. The Kier molecular flexibility index (Phi) is 6.52. The summed E-state index contributed by atoms with van der Waals surface area (Å²) >= 11 is 0. The molecular weight excluding hydrogens is 198 g/mol. The molecule has 16 heavy (non-hydrogen) atoms. The molecule has 1 fully saturated rings. The molecule has 1 atom stereocenters. The maximum absolute atomic E-state index is 5.57. The molecule has 1 rings (SSSR count). The van der Waals surface area contributed by atoms with Crippen LogP contribution in [0.15, 0.2) is 0 Å². The van der Waals surface area contributed by atoms with Crippen molar-refractivity contribution in [2.45, 2.75) is 58.1 Å². The zero-order valence-corrected chi connectivity index (χ0v) is 10.7. The van der Waals surface area contributed by atoms with Crippen molar-refractivity contribution in [1.82, 2.24) is 5.32 Å². The van der Waals surface area contributed by atoms with E-state index in [9.17, 15) is 0 Å². The van der Waals surface area contributed by atoms with Crippen LogP contribution in [0.3, 0.4) is 0 Å². The fourth-order valence-corrected chi connectivity index (χ4v) is 2.37. The third-order valence-corrected chi connectivity index (χ3v) is 3.26. The molecule has 0 aromatic rings. The second-order valence-electron chi connectivity index (χ2n) is 4.71. The molecule has 0 radical (unpaired) electrons. The van der Waals surface area contributed by atoms with Crippen LogP contribution in [0.5, 0.6) is 0 Å². The van der Waals surface area contributed by atoms with E-state index < -0.39 is 0 Å². The lowest BCUT2D eigenvalue weighted by atomic mass is 9.78. The summed E-state index contributed by atoms with van der Waals surface area (Å²) < 4.78 is 5.57. The molecule has 0 bridgehead atoms. The van der Waals surface area contributed by atoms with Gasteiger partial charge in [-0.15, -0.1) is 12.3 Å². The van der Waals surface area contributed by atoms with Crippen molar-refractivity contribution in [3.63, 3.8) is 0 Å². The van der Waals surface area contributed by atoms with Gasteiger partial charge in [-0.05, 0) is 45.1 Å². The fourth-order valence-electron chi connectivity index (χ4n) is 2.37. The molecule has 0 aromatic carbocycles. The molecule has 1 saturated carbocycles. The molecule has 1 unspecified atom stereocenters. The van der Waals surface area contributed by atoms with E-state index in [0.29, 0.717) is 12.1 Å². The molecule has 0 heterocycles. The van der Waals surface area contributed by atoms with Crippen molar-refractivity contribution in [2.75, 3.05) is 13.2 Å². The lowest BCUT2D eigenvalue weighted by Gasteiger charge is -2.37. The van der Waals surface area contributed by atoms with Crippen molar-refractivity contribution < 1.29 is 4.74 Å². The molecule has 0 amide bonds. The number of hydrogen-bond acceptors (Lipinski definition) is 2. The highest BCUT2D eigenvalue weighted by Gasteiger charge is 2.30. The lowest BCUT2D eigenvalue weighted by Crippen LogP contribution is -2.38. The summed E-state index contributed by atoms with van der Waals surface area (Å²) in [6, 6.07) is 0.512. The quantitative estimate of drug-likeness (QED) is 0.639. The maximum atomic E-state index is 5.57. The number of ether oxygens (including phenoxy) is 1. The van der Waals surface area contributed by atoms with Gasteiger partial charge in [-0.25, -0.2) is 0 Å². The van der Waals surface area contributed by atoms with E-state index in [0.717, 1.165) is 25.5 Å². The van der Waals surface area contributed by atoms with Crippen LogP contribution in [0.2, 0.25) is 0 Å². The monoisotopic (exact) mass is 223 g/mol. The minimum atomic E-state index is 0.512. The predicted molar refractivity (Wildman–Crippen MR) is 68.3 cm³/mol. The number of terminal acetylenes is 1. The van der Waals surface area contributed by atoms with Gasteiger partial charge in [0.2, 0.25) is 0 Å². The molecule has 2 nitrogen and oxygen atoms in total. The summed E-state index contributed by atoms with van der Waals surface area (Å²) in [4.78, 5) is 0. The molecule has 92 valence electrons. The van der Waals surface area contributed by atoms with Crippen LogP contribution in [0.1, 0.15) is 46.0 Å². The van der Waals surface area contributed by atoms with E-state index >= 15 is 0 Å². The number of rotatable bonds is 8. The molecule has 1 aliphatic rings. The van der Waals surface area contributed by atoms with Gasteiger partial charge in [0.15, 0.2) is 0 Å². The maximum Gasteiger partial charge on any atom is 0.0580 e. The second-order valence-corrected chi connectivity index (χ2v) is 4.71. The molecular formula is C14H25NO. The topological polar surface area (TPSA) is 21.3 Å². The Morgan fingerprint density at radius 2 is 2.19 bits per heavy atom. The Morgan fingerprint density at radius 3 is 2.75 bits per heavy atom. The first-order valence-corrected chi connectivity index (χ1v) is 6.58. The molecule has 1 N–H and O–H groups in total. The summed E-state index contributed by atoms with van der Waals surface area (Å²) in [5, 5.41) is 3.53. The molecule has 1 aliphatic carbocycles. The molecule has 0 saturated heterocycles. The van der Waals surface area contributed by atoms with Crippen LogP contribution in [0.25, 0.3) is 0 Å². The number of hydrogen-bond donors (Lipinski definition) is 1. The van der Waals surface area contributed by atoms with Crippen LogP contribution in [-0.4, -0.2) is 25.3 Å². The Balaban J connectivity index is 2.16. The minimum Gasteiger partial charge on any atom is -0.378 e. The van der Waals surface area contributed by atoms with Crippen molar-refractivity contribution >= 4 is 0 Å². The molecule has 0 spiro atoms. The first-order chi connectivity index (χ1) is 7.80. The Bertz CT molecular complexity index is 215. The van der Waals surface area contributed by atoms with Crippen molar-refractivity contribution in [3.05, 3.63) is 0 Å². The van der Waals surface area contributed by atoms with E-state index in [1.807, 2.05) is 0 Å². The average molecular weight is 223 g/mol. The van der Waals surface area contributed by atoms with E-state index in [2.05, 4.69) is 25.1 Å². The normalized spacial score (nSPS) is 25.8. The van der Waals surface area contributed by atoms with Gasteiger partial charge in [0.05, 0.1) is 6.10 Å². The highest BCUT2D eigenvalue weighted by atomic mass is 16.5. The lowest BCUT2D eigenvalue weighted by molar-refractivity contribution is -0.0289. The van der Waals surface area contributed by atoms with Gasteiger partial charge in [0.1, 0.15) is 0 Å². The fraction of sp³-hybridized carbons (Fsp3) is 0.857. The van der Waals surface area contributed by atoms with Crippen molar-refractivity contribution in [2.24, 2.45) is 5.92 Å². The SMILES string of the molecule is C#CCC(CC1CC(OCC)C1)NCCC. The van der Waals surface area contributed by atoms with E-state index in [4.69, 9.17) is 11.2 Å². The molecule has 0 aliphatic heterocycles. The Labute approximate surface area is 100 Å².